The molecule has 0 spiro atoms. The molecule has 0 bridgehead atoms. The maximum atomic E-state index is 10.6. The van der Waals surface area contributed by atoms with E-state index in [1.54, 1.807) is 0 Å². The van der Waals surface area contributed by atoms with E-state index in [0.29, 0.717) is 0 Å². The first-order valence-electron chi connectivity index (χ1n) is 7.65. The number of unbranched alkanes of at least 4 members (excludes halogenated alkanes) is 6. The molecule has 0 atom stereocenters. The molecule has 103 valence electrons. The lowest BCUT2D eigenvalue weighted by Gasteiger charge is -2.21. The molecule has 0 aliphatic rings. The number of hydrogen-bond donors (Lipinski definition) is 0. The summed E-state index contributed by atoms with van der Waals surface area (Å²) in [6.07, 6.45) is 11.4. The number of hydrogen-bond acceptors (Lipinski definition) is 1. The zero-order chi connectivity index (χ0) is 12.8. The Hall–Kier alpha value is -0.0800. The van der Waals surface area contributed by atoms with E-state index in [0.717, 1.165) is 13.0 Å². The summed E-state index contributed by atoms with van der Waals surface area (Å²) in [5.41, 5.74) is 0. The molecule has 0 saturated heterocycles. The van der Waals surface area contributed by atoms with Crippen LogP contribution >= 0.6 is 0 Å². The van der Waals surface area contributed by atoms with Gasteiger partial charge in [0.15, 0.2) is 0 Å². The van der Waals surface area contributed by atoms with Crippen LogP contribution in [0, 0.1) is 0 Å². The Kier molecular flexibility index (Phi) is 13.9. The average molecular weight is 242 g/mol. The van der Waals surface area contributed by atoms with Crippen LogP contribution < -0.4 is 0 Å². The van der Waals surface area contributed by atoms with Crippen molar-refractivity contribution in [1.82, 2.24) is 4.90 Å². The second kappa shape index (κ2) is 14.0. The van der Waals surface area contributed by atoms with Crippen LogP contribution in [0.5, 0.6) is 0 Å². The number of rotatable bonds is 13. The monoisotopic (exact) mass is 242 g/mol. The summed E-state index contributed by atoms with van der Waals surface area (Å²) in [6, 6.07) is 0. The Labute approximate surface area is 108 Å². The van der Waals surface area contributed by atoms with Gasteiger partial charge in [0.25, 0.3) is 0 Å². The van der Waals surface area contributed by atoms with Gasteiger partial charge in [-0.05, 0) is 32.4 Å². The van der Waals surface area contributed by atoms with Gasteiger partial charge in [-0.3, -0.25) is 0 Å². The van der Waals surface area contributed by atoms with Crippen molar-refractivity contribution < 1.29 is 5.11 Å². The molecule has 0 N–H and O–H groups in total. The molecule has 0 fully saturated rings. The minimum Gasteiger partial charge on any atom is -0.303 e. The molecule has 0 aliphatic heterocycles. The molecule has 0 aliphatic carbocycles. The Balaban J connectivity index is 3.56. The van der Waals surface area contributed by atoms with E-state index in [-0.39, 0.29) is 6.61 Å². The van der Waals surface area contributed by atoms with E-state index < -0.39 is 0 Å². The first-order valence-corrected chi connectivity index (χ1v) is 7.65. The van der Waals surface area contributed by atoms with Gasteiger partial charge >= 0.3 is 0 Å². The molecule has 0 unspecified atom stereocenters. The lowest BCUT2D eigenvalue weighted by molar-refractivity contribution is 0.163. The molecule has 1 radical (unpaired) electrons. The Morgan fingerprint density at radius 2 is 1.12 bits per heavy atom. The standard InChI is InChI=1S/C15H32NO/c1-3-5-7-9-12-16(14-11-15-17)13-10-8-6-4-2/h3-15H2,1-2H3. The smallest absolute Gasteiger partial charge is 0.0834 e. The largest absolute Gasteiger partial charge is 0.303 e. The zero-order valence-corrected chi connectivity index (χ0v) is 12.0. The van der Waals surface area contributed by atoms with Crippen molar-refractivity contribution in [2.24, 2.45) is 0 Å². The van der Waals surface area contributed by atoms with Crippen LogP contribution in [0.1, 0.15) is 71.6 Å². The van der Waals surface area contributed by atoms with Gasteiger partial charge in [-0.25, -0.2) is 5.11 Å². The third kappa shape index (κ3) is 12.2. The fraction of sp³-hybridized carbons (Fsp3) is 1.00. The lowest BCUT2D eigenvalue weighted by Crippen LogP contribution is -2.27. The van der Waals surface area contributed by atoms with Gasteiger partial charge in [0.2, 0.25) is 0 Å². The maximum absolute atomic E-state index is 10.6. The minimum absolute atomic E-state index is 0.0838. The predicted octanol–water partition coefficient (Wildman–Crippen LogP) is 4.27. The van der Waals surface area contributed by atoms with Crippen LogP contribution in [0.2, 0.25) is 0 Å². The third-order valence-electron chi connectivity index (χ3n) is 3.27. The van der Waals surface area contributed by atoms with Gasteiger partial charge in [-0.15, -0.1) is 0 Å². The third-order valence-corrected chi connectivity index (χ3v) is 3.27. The van der Waals surface area contributed by atoms with Gasteiger partial charge < -0.3 is 4.90 Å². The lowest BCUT2D eigenvalue weighted by atomic mass is 10.1. The van der Waals surface area contributed by atoms with Crippen molar-refractivity contribution in [3.05, 3.63) is 0 Å². The highest BCUT2D eigenvalue weighted by atomic mass is 16.3. The van der Waals surface area contributed by atoms with Crippen LogP contribution in [0.25, 0.3) is 0 Å². The van der Waals surface area contributed by atoms with Gasteiger partial charge in [-0.2, -0.15) is 0 Å². The van der Waals surface area contributed by atoms with E-state index in [4.69, 9.17) is 0 Å². The molecule has 0 aromatic rings. The summed E-state index contributed by atoms with van der Waals surface area (Å²) in [4.78, 5) is 2.50. The van der Waals surface area contributed by atoms with Crippen molar-refractivity contribution in [2.45, 2.75) is 71.6 Å². The normalized spacial score (nSPS) is 11.3. The molecule has 0 aromatic carbocycles. The van der Waals surface area contributed by atoms with Gasteiger partial charge in [-0.1, -0.05) is 52.4 Å². The van der Waals surface area contributed by atoms with E-state index >= 15 is 0 Å². The van der Waals surface area contributed by atoms with Gasteiger partial charge in [0, 0.05) is 6.54 Å². The van der Waals surface area contributed by atoms with Crippen molar-refractivity contribution in [1.29, 1.82) is 0 Å². The molecule has 2 nitrogen and oxygen atoms in total. The summed E-state index contributed by atoms with van der Waals surface area (Å²) in [5.74, 6) is 0. The molecule has 17 heavy (non-hydrogen) atoms. The second-order valence-corrected chi connectivity index (χ2v) is 5.02. The van der Waals surface area contributed by atoms with E-state index in [9.17, 15) is 5.11 Å². The highest BCUT2D eigenvalue weighted by molar-refractivity contribution is 4.59. The van der Waals surface area contributed by atoms with Crippen molar-refractivity contribution in [3.63, 3.8) is 0 Å². The van der Waals surface area contributed by atoms with Crippen molar-refractivity contribution in [2.75, 3.05) is 26.2 Å². The highest BCUT2D eigenvalue weighted by Crippen LogP contribution is 2.05. The maximum Gasteiger partial charge on any atom is 0.0834 e. The average Bonchev–Trinajstić information content (AvgIpc) is 2.35. The van der Waals surface area contributed by atoms with Crippen LogP contribution in [0.3, 0.4) is 0 Å². The van der Waals surface area contributed by atoms with Crippen LogP contribution in [-0.2, 0) is 5.11 Å². The molecule has 0 rings (SSSR count). The molecule has 0 aromatic heterocycles. The Morgan fingerprint density at radius 1 is 0.647 bits per heavy atom. The molecule has 0 saturated carbocycles. The SMILES string of the molecule is CCCCCCN(CCC[O])CCCCCC. The van der Waals surface area contributed by atoms with Crippen molar-refractivity contribution in [3.8, 4) is 0 Å². The van der Waals surface area contributed by atoms with Crippen LogP contribution in [0.4, 0.5) is 0 Å². The molecular formula is C15H32NO. The Morgan fingerprint density at radius 3 is 1.53 bits per heavy atom. The highest BCUT2D eigenvalue weighted by Gasteiger charge is 2.03. The quantitative estimate of drug-likeness (QED) is 0.442. The van der Waals surface area contributed by atoms with Gasteiger partial charge in [0.05, 0.1) is 6.61 Å². The fourth-order valence-electron chi connectivity index (χ4n) is 2.15. The molecular weight excluding hydrogens is 210 g/mol. The Bertz CT molecular complexity index is 127. The molecule has 0 heterocycles. The molecule has 0 amide bonds. The van der Waals surface area contributed by atoms with Crippen LogP contribution in [-0.4, -0.2) is 31.1 Å². The first-order chi connectivity index (χ1) is 8.35. The minimum atomic E-state index is 0.0838. The summed E-state index contributed by atoms with van der Waals surface area (Å²) in [6.45, 7) is 8.00. The predicted molar refractivity (Wildman–Crippen MR) is 74.9 cm³/mol. The second-order valence-electron chi connectivity index (χ2n) is 5.02. The summed E-state index contributed by atoms with van der Waals surface area (Å²) >= 11 is 0. The number of nitrogens with zero attached hydrogens (tertiary/aromatic N) is 1. The van der Waals surface area contributed by atoms with Crippen LogP contribution in [0.15, 0.2) is 0 Å². The fourth-order valence-corrected chi connectivity index (χ4v) is 2.15. The summed E-state index contributed by atoms with van der Waals surface area (Å²) in [7, 11) is 0. The van der Waals surface area contributed by atoms with Crippen molar-refractivity contribution >= 4 is 0 Å². The van der Waals surface area contributed by atoms with Gasteiger partial charge in [0.1, 0.15) is 0 Å². The summed E-state index contributed by atoms with van der Waals surface area (Å²) in [5, 5.41) is 10.6. The topological polar surface area (TPSA) is 23.1 Å². The zero-order valence-electron chi connectivity index (χ0n) is 12.0. The summed E-state index contributed by atoms with van der Waals surface area (Å²) < 4.78 is 0. The van der Waals surface area contributed by atoms with E-state index in [1.807, 2.05) is 0 Å². The van der Waals surface area contributed by atoms with E-state index in [2.05, 4.69) is 18.7 Å². The van der Waals surface area contributed by atoms with E-state index in [1.165, 1.54) is 64.5 Å². The first kappa shape index (κ1) is 16.9. The molecule has 2 heteroatoms.